The number of aromatic nitrogens is 1. The van der Waals surface area contributed by atoms with E-state index in [0.717, 1.165) is 11.5 Å². The lowest BCUT2D eigenvalue weighted by atomic mass is 9.86. The summed E-state index contributed by atoms with van der Waals surface area (Å²) in [5.41, 5.74) is 2.02. The predicted octanol–water partition coefficient (Wildman–Crippen LogP) is 4.52. The molecule has 2 aromatic rings. The average molecular weight is 539 g/mol. The van der Waals surface area contributed by atoms with Crippen LogP contribution in [0.15, 0.2) is 47.8 Å². The molecule has 202 valence electrons. The normalized spacial score (nSPS) is 19.3. The number of amides is 3. The zero-order valence-electron chi connectivity index (χ0n) is 22.2. The number of urea groups is 1. The van der Waals surface area contributed by atoms with Gasteiger partial charge < -0.3 is 24.9 Å². The third-order valence-corrected chi connectivity index (χ3v) is 7.95. The maximum Gasteiger partial charge on any atom is 0.321 e. The molecule has 2 saturated heterocycles. The standard InChI is InChI=1S/C28H35ClN6O3/c1-27(2,3)20-6-8-21(9-7-20)31-26(37)35-13-10-28(11-14-35)19-23(32-38-28)25(36)34-17-15-33(16-18-34)24-22(29)5-4-12-30-24/h4-9,12H,10-11,13-19H2,1-3H3,(H,31,37). The molecular formula is C28H35ClN6O3. The molecule has 1 N–H and O–H groups in total. The minimum atomic E-state index is -0.514. The van der Waals surface area contributed by atoms with E-state index in [2.05, 4.69) is 53.3 Å². The quantitative estimate of drug-likeness (QED) is 0.620. The van der Waals surface area contributed by atoms with Crippen LogP contribution < -0.4 is 10.2 Å². The lowest BCUT2D eigenvalue weighted by molar-refractivity contribution is -0.124. The molecule has 3 aliphatic heterocycles. The van der Waals surface area contributed by atoms with Gasteiger partial charge in [-0.15, -0.1) is 0 Å². The van der Waals surface area contributed by atoms with E-state index in [1.807, 2.05) is 29.2 Å². The molecule has 1 spiro atoms. The maximum absolute atomic E-state index is 13.2. The fourth-order valence-electron chi connectivity index (χ4n) is 5.19. The fraction of sp³-hybridized carbons (Fsp3) is 0.500. The second-order valence-corrected chi connectivity index (χ2v) is 11.7. The summed E-state index contributed by atoms with van der Waals surface area (Å²) < 4.78 is 0. The van der Waals surface area contributed by atoms with Crippen LogP contribution in [0.5, 0.6) is 0 Å². The van der Waals surface area contributed by atoms with Crippen molar-refractivity contribution < 1.29 is 14.4 Å². The predicted molar refractivity (Wildman–Crippen MR) is 149 cm³/mol. The first-order valence-corrected chi connectivity index (χ1v) is 13.6. The SMILES string of the molecule is CC(C)(C)c1ccc(NC(=O)N2CCC3(CC2)CC(C(=O)N2CCN(c4ncccc4Cl)CC2)=NO3)cc1. The van der Waals surface area contributed by atoms with Gasteiger partial charge in [-0.3, -0.25) is 4.79 Å². The molecule has 1 aromatic carbocycles. The van der Waals surface area contributed by atoms with Crippen molar-refractivity contribution in [1.82, 2.24) is 14.8 Å². The first kappa shape index (κ1) is 26.3. The van der Waals surface area contributed by atoms with Crippen molar-refractivity contribution in [1.29, 1.82) is 0 Å². The number of rotatable bonds is 3. The largest absolute Gasteiger partial charge is 0.388 e. The van der Waals surface area contributed by atoms with Gasteiger partial charge in [0.2, 0.25) is 0 Å². The zero-order chi connectivity index (χ0) is 26.9. The van der Waals surface area contributed by atoms with Gasteiger partial charge in [0.25, 0.3) is 5.91 Å². The summed E-state index contributed by atoms with van der Waals surface area (Å²) >= 11 is 6.28. The summed E-state index contributed by atoms with van der Waals surface area (Å²) in [5.74, 6) is 0.673. The van der Waals surface area contributed by atoms with Gasteiger partial charge in [0.1, 0.15) is 17.1 Å². The van der Waals surface area contributed by atoms with Crippen molar-refractivity contribution in [2.45, 2.75) is 51.0 Å². The number of hydrogen-bond donors (Lipinski definition) is 1. The molecule has 9 nitrogen and oxygen atoms in total. The number of oxime groups is 1. The van der Waals surface area contributed by atoms with Gasteiger partial charge in [-0.05, 0) is 35.2 Å². The van der Waals surface area contributed by atoms with Crippen LogP contribution in [-0.2, 0) is 15.0 Å². The summed E-state index contributed by atoms with van der Waals surface area (Å²) in [5, 5.41) is 7.81. The molecule has 5 rings (SSSR count). The fourth-order valence-corrected chi connectivity index (χ4v) is 5.43. The van der Waals surface area contributed by atoms with E-state index in [1.165, 1.54) is 5.56 Å². The highest BCUT2D eigenvalue weighted by molar-refractivity contribution is 6.39. The van der Waals surface area contributed by atoms with E-state index < -0.39 is 5.60 Å². The van der Waals surface area contributed by atoms with E-state index in [-0.39, 0.29) is 17.4 Å². The van der Waals surface area contributed by atoms with Gasteiger partial charge >= 0.3 is 6.03 Å². The number of halogens is 1. The van der Waals surface area contributed by atoms with Crippen molar-refractivity contribution in [3.63, 3.8) is 0 Å². The van der Waals surface area contributed by atoms with Crippen LogP contribution >= 0.6 is 11.6 Å². The van der Waals surface area contributed by atoms with Gasteiger partial charge in [-0.1, -0.05) is 49.7 Å². The summed E-state index contributed by atoms with van der Waals surface area (Å²) in [7, 11) is 0. The molecule has 2 fully saturated rings. The first-order chi connectivity index (χ1) is 18.1. The number of likely N-dealkylation sites (tertiary alicyclic amines) is 1. The zero-order valence-corrected chi connectivity index (χ0v) is 23.0. The first-order valence-electron chi connectivity index (χ1n) is 13.2. The minimum absolute atomic E-state index is 0.0651. The van der Waals surface area contributed by atoms with Crippen LogP contribution in [0.2, 0.25) is 5.02 Å². The Morgan fingerprint density at radius 3 is 2.29 bits per heavy atom. The van der Waals surface area contributed by atoms with Gasteiger partial charge in [0, 0.05) is 70.4 Å². The number of piperidine rings is 1. The number of nitrogens with one attached hydrogen (secondary N) is 1. The van der Waals surface area contributed by atoms with Crippen molar-refractivity contribution in [2.24, 2.45) is 5.16 Å². The monoisotopic (exact) mass is 538 g/mol. The Labute approximate surface area is 228 Å². The highest BCUT2D eigenvalue weighted by atomic mass is 35.5. The van der Waals surface area contributed by atoms with Crippen molar-refractivity contribution in [3.8, 4) is 0 Å². The Hall–Kier alpha value is -3.33. The van der Waals surface area contributed by atoms with E-state index in [4.69, 9.17) is 16.4 Å². The van der Waals surface area contributed by atoms with Crippen LogP contribution in [0.4, 0.5) is 16.3 Å². The van der Waals surface area contributed by atoms with Crippen molar-refractivity contribution in [2.75, 3.05) is 49.5 Å². The molecule has 1 aromatic heterocycles. The molecule has 0 saturated carbocycles. The minimum Gasteiger partial charge on any atom is -0.388 e. The molecule has 4 heterocycles. The Morgan fingerprint density at radius 2 is 1.66 bits per heavy atom. The Morgan fingerprint density at radius 1 is 0.974 bits per heavy atom. The van der Waals surface area contributed by atoms with Gasteiger partial charge in [0.15, 0.2) is 0 Å². The molecule has 10 heteroatoms. The molecule has 0 aliphatic carbocycles. The summed E-state index contributed by atoms with van der Waals surface area (Å²) in [6.07, 6.45) is 3.47. The molecule has 0 radical (unpaired) electrons. The topological polar surface area (TPSA) is 90.4 Å². The molecule has 38 heavy (non-hydrogen) atoms. The molecule has 0 bridgehead atoms. The van der Waals surface area contributed by atoms with Gasteiger partial charge in [-0.25, -0.2) is 9.78 Å². The van der Waals surface area contributed by atoms with Crippen molar-refractivity contribution in [3.05, 3.63) is 53.2 Å². The second kappa shape index (κ2) is 10.4. The Bertz CT molecular complexity index is 1210. The smallest absolute Gasteiger partial charge is 0.321 e. The van der Waals surface area contributed by atoms with E-state index in [1.54, 1.807) is 11.1 Å². The number of benzene rings is 1. The van der Waals surface area contributed by atoms with Crippen molar-refractivity contribution >= 4 is 40.8 Å². The highest BCUT2D eigenvalue weighted by Crippen LogP contribution is 2.35. The number of hydrogen-bond acceptors (Lipinski definition) is 6. The molecule has 0 unspecified atom stereocenters. The molecular weight excluding hydrogens is 504 g/mol. The number of piperazine rings is 1. The van der Waals surface area contributed by atoms with Gasteiger partial charge in [-0.2, -0.15) is 0 Å². The third kappa shape index (κ3) is 5.57. The van der Waals surface area contributed by atoms with Crippen LogP contribution in [-0.4, -0.2) is 77.3 Å². The summed E-state index contributed by atoms with van der Waals surface area (Å²) in [6.45, 7) is 10.0. The molecule has 3 amide bonds. The number of nitrogens with zero attached hydrogens (tertiary/aromatic N) is 5. The van der Waals surface area contributed by atoms with Crippen LogP contribution in [0, 0.1) is 0 Å². The number of anilines is 2. The summed E-state index contributed by atoms with van der Waals surface area (Å²) in [6, 6.07) is 11.5. The molecule has 3 aliphatic rings. The number of pyridine rings is 1. The third-order valence-electron chi connectivity index (χ3n) is 7.66. The second-order valence-electron chi connectivity index (χ2n) is 11.3. The summed E-state index contributed by atoms with van der Waals surface area (Å²) in [4.78, 5) is 42.0. The van der Waals surface area contributed by atoms with E-state index in [0.29, 0.717) is 69.3 Å². The number of carbonyl (C=O) groups excluding carboxylic acids is 2. The van der Waals surface area contributed by atoms with E-state index in [9.17, 15) is 9.59 Å². The van der Waals surface area contributed by atoms with Gasteiger partial charge in [0.05, 0.1) is 5.02 Å². The maximum atomic E-state index is 13.2. The Kier molecular flexibility index (Phi) is 7.22. The highest BCUT2D eigenvalue weighted by Gasteiger charge is 2.45. The Balaban J connectivity index is 1.09. The van der Waals surface area contributed by atoms with E-state index >= 15 is 0 Å². The molecule has 0 atom stereocenters. The van der Waals surface area contributed by atoms with Crippen LogP contribution in [0.3, 0.4) is 0 Å². The van der Waals surface area contributed by atoms with Crippen LogP contribution in [0.1, 0.15) is 45.6 Å². The number of carbonyl (C=O) groups is 2. The lowest BCUT2D eigenvalue weighted by Gasteiger charge is -2.37. The average Bonchev–Trinajstić information content (AvgIpc) is 3.32. The lowest BCUT2D eigenvalue weighted by Crippen LogP contribution is -2.52. The van der Waals surface area contributed by atoms with Crippen LogP contribution in [0.25, 0.3) is 0 Å².